The molecule has 82 valence electrons. The van der Waals surface area contributed by atoms with Crippen LogP contribution in [0.2, 0.25) is 0 Å². The number of nitrogens with zero attached hydrogens (tertiary/aromatic N) is 1. The van der Waals surface area contributed by atoms with Gasteiger partial charge in [0, 0.05) is 17.0 Å². The number of rotatable bonds is 3. The zero-order chi connectivity index (χ0) is 10.8. The summed E-state index contributed by atoms with van der Waals surface area (Å²) >= 11 is 1.61. The summed E-state index contributed by atoms with van der Waals surface area (Å²) in [5, 5.41) is 3.00. The predicted octanol–water partition coefficient (Wildman–Crippen LogP) is 3.00. The minimum atomic E-state index is 0.300. The van der Waals surface area contributed by atoms with E-state index in [1.807, 2.05) is 12.3 Å². The van der Waals surface area contributed by atoms with E-state index in [2.05, 4.69) is 11.9 Å². The van der Waals surface area contributed by atoms with Crippen LogP contribution in [0.5, 0.6) is 0 Å². The van der Waals surface area contributed by atoms with Crippen LogP contribution < -0.4 is 0 Å². The van der Waals surface area contributed by atoms with E-state index in [1.165, 1.54) is 12.8 Å². The number of aromatic nitrogens is 1. The molecule has 0 spiro atoms. The monoisotopic (exact) mass is 223 g/mol. The maximum atomic E-state index is 12.0. The summed E-state index contributed by atoms with van der Waals surface area (Å²) in [6.45, 7) is 4.17. The van der Waals surface area contributed by atoms with E-state index in [0.717, 1.165) is 17.1 Å². The zero-order valence-corrected chi connectivity index (χ0v) is 10.1. The van der Waals surface area contributed by atoms with Crippen LogP contribution in [0.1, 0.15) is 36.9 Å². The van der Waals surface area contributed by atoms with Crippen LogP contribution in [0.15, 0.2) is 5.38 Å². The Morgan fingerprint density at radius 2 is 2.40 bits per heavy atom. The Kier molecular flexibility index (Phi) is 3.19. The van der Waals surface area contributed by atoms with Gasteiger partial charge in [0.15, 0.2) is 0 Å². The molecule has 0 N–H and O–H groups in total. The summed E-state index contributed by atoms with van der Waals surface area (Å²) in [4.78, 5) is 16.3. The molecular weight excluding hydrogens is 206 g/mol. The van der Waals surface area contributed by atoms with Gasteiger partial charge in [0.05, 0.1) is 6.42 Å². The van der Waals surface area contributed by atoms with Gasteiger partial charge in [0.2, 0.25) is 0 Å². The fourth-order valence-corrected chi connectivity index (χ4v) is 3.17. The van der Waals surface area contributed by atoms with Crippen LogP contribution in [0, 0.1) is 18.8 Å². The topological polar surface area (TPSA) is 30.0 Å². The first-order chi connectivity index (χ1) is 7.16. The Balaban J connectivity index is 1.97. The summed E-state index contributed by atoms with van der Waals surface area (Å²) in [7, 11) is 0. The fraction of sp³-hybridized carbons (Fsp3) is 0.667. The summed E-state index contributed by atoms with van der Waals surface area (Å²) in [5.74, 6) is 1.28. The normalized spacial score (nSPS) is 25.7. The van der Waals surface area contributed by atoms with Gasteiger partial charge in [-0.2, -0.15) is 0 Å². The standard InChI is InChI=1S/C12H17NOS/c1-8-4-3-5-10(8)11(14)6-12-13-9(2)7-15-12/h7-8,10H,3-6H2,1-2H3. The fourth-order valence-electron chi connectivity index (χ4n) is 2.39. The molecule has 3 heteroatoms. The van der Waals surface area contributed by atoms with E-state index in [9.17, 15) is 4.79 Å². The minimum absolute atomic E-state index is 0.300. The molecule has 2 rings (SSSR count). The van der Waals surface area contributed by atoms with E-state index >= 15 is 0 Å². The van der Waals surface area contributed by atoms with Crippen molar-refractivity contribution >= 4 is 17.1 Å². The van der Waals surface area contributed by atoms with Gasteiger partial charge in [0.25, 0.3) is 0 Å². The van der Waals surface area contributed by atoms with Crippen molar-refractivity contribution in [1.82, 2.24) is 4.98 Å². The minimum Gasteiger partial charge on any atom is -0.299 e. The van der Waals surface area contributed by atoms with E-state index < -0.39 is 0 Å². The molecule has 0 saturated heterocycles. The maximum Gasteiger partial charge on any atom is 0.143 e. The van der Waals surface area contributed by atoms with Gasteiger partial charge in [-0.05, 0) is 25.7 Å². The molecule has 1 aliphatic rings. The highest BCUT2D eigenvalue weighted by Gasteiger charge is 2.29. The lowest BCUT2D eigenvalue weighted by Crippen LogP contribution is -2.18. The predicted molar refractivity (Wildman–Crippen MR) is 62.1 cm³/mol. The second-order valence-electron chi connectivity index (χ2n) is 4.54. The summed E-state index contributed by atoms with van der Waals surface area (Å²) in [5.41, 5.74) is 1.03. The van der Waals surface area contributed by atoms with Crippen molar-refractivity contribution < 1.29 is 4.79 Å². The molecule has 2 nitrogen and oxygen atoms in total. The van der Waals surface area contributed by atoms with Gasteiger partial charge in [-0.15, -0.1) is 11.3 Å². The van der Waals surface area contributed by atoms with E-state index in [0.29, 0.717) is 24.0 Å². The van der Waals surface area contributed by atoms with Crippen LogP contribution in [-0.4, -0.2) is 10.8 Å². The Labute approximate surface area is 94.7 Å². The largest absolute Gasteiger partial charge is 0.299 e. The zero-order valence-electron chi connectivity index (χ0n) is 9.32. The number of Topliss-reactive ketones (excluding diaryl/α,β-unsaturated/α-hetero) is 1. The molecule has 1 aromatic heterocycles. The average Bonchev–Trinajstić information content (AvgIpc) is 2.75. The highest BCUT2D eigenvalue weighted by Crippen LogP contribution is 2.32. The van der Waals surface area contributed by atoms with Crippen molar-refractivity contribution in [3.05, 3.63) is 16.1 Å². The molecule has 2 unspecified atom stereocenters. The first-order valence-corrected chi connectivity index (χ1v) is 6.48. The SMILES string of the molecule is Cc1csc(CC(=O)C2CCCC2C)n1. The highest BCUT2D eigenvalue weighted by atomic mass is 32.1. The van der Waals surface area contributed by atoms with Crippen molar-refractivity contribution in [2.24, 2.45) is 11.8 Å². The molecule has 15 heavy (non-hydrogen) atoms. The van der Waals surface area contributed by atoms with Crippen LogP contribution in [0.3, 0.4) is 0 Å². The van der Waals surface area contributed by atoms with Gasteiger partial charge in [-0.25, -0.2) is 4.98 Å². The van der Waals surface area contributed by atoms with Crippen LogP contribution in [-0.2, 0) is 11.2 Å². The number of aryl methyl sites for hydroxylation is 1. The number of carbonyl (C=O) groups is 1. The number of hydrogen-bond donors (Lipinski definition) is 0. The van der Waals surface area contributed by atoms with Gasteiger partial charge in [-0.1, -0.05) is 13.3 Å². The van der Waals surface area contributed by atoms with Gasteiger partial charge < -0.3 is 0 Å². The maximum absolute atomic E-state index is 12.0. The molecule has 1 aliphatic carbocycles. The lowest BCUT2D eigenvalue weighted by molar-refractivity contribution is -0.123. The molecule has 0 amide bonds. The molecule has 1 saturated carbocycles. The van der Waals surface area contributed by atoms with E-state index in [-0.39, 0.29) is 0 Å². The molecule has 1 heterocycles. The smallest absolute Gasteiger partial charge is 0.143 e. The van der Waals surface area contributed by atoms with Gasteiger partial charge in [0.1, 0.15) is 10.8 Å². The lowest BCUT2D eigenvalue weighted by atomic mass is 9.92. The Hall–Kier alpha value is -0.700. The highest BCUT2D eigenvalue weighted by molar-refractivity contribution is 7.09. The Morgan fingerprint density at radius 3 is 2.93 bits per heavy atom. The third-order valence-electron chi connectivity index (χ3n) is 3.27. The molecule has 1 aromatic rings. The number of thiazole rings is 1. The molecule has 0 aliphatic heterocycles. The third kappa shape index (κ3) is 2.46. The quantitative estimate of drug-likeness (QED) is 0.788. The molecule has 1 fully saturated rings. The number of carbonyl (C=O) groups excluding carboxylic acids is 1. The van der Waals surface area contributed by atoms with Crippen molar-refractivity contribution in [2.75, 3.05) is 0 Å². The summed E-state index contributed by atoms with van der Waals surface area (Å²) in [6, 6.07) is 0. The average molecular weight is 223 g/mol. The van der Waals surface area contributed by atoms with Crippen molar-refractivity contribution in [3.63, 3.8) is 0 Å². The van der Waals surface area contributed by atoms with E-state index in [1.54, 1.807) is 11.3 Å². The van der Waals surface area contributed by atoms with Crippen molar-refractivity contribution in [2.45, 2.75) is 39.5 Å². The Morgan fingerprint density at radius 1 is 1.60 bits per heavy atom. The van der Waals surface area contributed by atoms with Crippen LogP contribution in [0.4, 0.5) is 0 Å². The summed E-state index contributed by atoms with van der Waals surface area (Å²) in [6.07, 6.45) is 4.07. The number of ketones is 1. The first kappa shape index (κ1) is 10.8. The van der Waals surface area contributed by atoms with Crippen molar-refractivity contribution in [3.8, 4) is 0 Å². The molecule has 0 radical (unpaired) electrons. The molecule has 2 atom stereocenters. The van der Waals surface area contributed by atoms with Gasteiger partial charge in [-0.3, -0.25) is 4.79 Å². The van der Waals surface area contributed by atoms with Crippen LogP contribution >= 0.6 is 11.3 Å². The van der Waals surface area contributed by atoms with Crippen molar-refractivity contribution in [1.29, 1.82) is 0 Å². The molecule has 0 aromatic carbocycles. The Bertz CT molecular complexity index is 358. The third-order valence-corrected chi connectivity index (χ3v) is 4.23. The second kappa shape index (κ2) is 4.44. The lowest BCUT2D eigenvalue weighted by Gasteiger charge is -2.12. The van der Waals surface area contributed by atoms with E-state index in [4.69, 9.17) is 0 Å². The van der Waals surface area contributed by atoms with Crippen LogP contribution in [0.25, 0.3) is 0 Å². The first-order valence-electron chi connectivity index (χ1n) is 5.60. The molecule has 0 bridgehead atoms. The molecular formula is C12H17NOS. The van der Waals surface area contributed by atoms with Gasteiger partial charge >= 0.3 is 0 Å². The second-order valence-corrected chi connectivity index (χ2v) is 5.48. The summed E-state index contributed by atoms with van der Waals surface area (Å²) < 4.78 is 0. The number of hydrogen-bond acceptors (Lipinski definition) is 3.